The molecule has 86 valence electrons. The average Bonchev–Trinajstić information content (AvgIpc) is 2.75. The molecule has 2 rings (SSSR count). The second-order valence-electron chi connectivity index (χ2n) is 3.98. The molecule has 0 aliphatic carbocycles. The van der Waals surface area contributed by atoms with Crippen molar-refractivity contribution in [1.29, 1.82) is 5.26 Å². The first-order chi connectivity index (χ1) is 7.70. The van der Waals surface area contributed by atoms with Gasteiger partial charge in [0.2, 0.25) is 11.8 Å². The third-order valence-electron chi connectivity index (χ3n) is 2.85. The number of amides is 2. The van der Waals surface area contributed by atoms with Gasteiger partial charge in [-0.2, -0.15) is 5.26 Å². The molecule has 16 heavy (non-hydrogen) atoms. The molecule has 0 radical (unpaired) electrons. The summed E-state index contributed by atoms with van der Waals surface area (Å²) in [6.45, 7) is 1.60. The van der Waals surface area contributed by atoms with Crippen molar-refractivity contribution in [2.75, 3.05) is 26.2 Å². The molecule has 2 aliphatic heterocycles. The lowest BCUT2D eigenvalue weighted by atomic mass is 10.1. The highest BCUT2D eigenvalue weighted by molar-refractivity contribution is 5.89. The molecule has 2 saturated heterocycles. The highest BCUT2D eigenvalue weighted by Crippen LogP contribution is 2.15. The van der Waals surface area contributed by atoms with E-state index in [4.69, 9.17) is 10.00 Å². The largest absolute Gasteiger partial charge is 0.360 e. The summed E-state index contributed by atoms with van der Waals surface area (Å²) < 4.78 is 5.15. The predicted octanol–water partition coefficient (Wildman–Crippen LogP) is -1.13. The van der Waals surface area contributed by atoms with Gasteiger partial charge in [-0.1, -0.05) is 0 Å². The Kier molecular flexibility index (Phi) is 3.06. The van der Waals surface area contributed by atoms with Gasteiger partial charge < -0.3 is 15.0 Å². The summed E-state index contributed by atoms with van der Waals surface area (Å²) in [5.74, 6) is -0.407. The van der Waals surface area contributed by atoms with Crippen molar-refractivity contribution in [2.24, 2.45) is 5.92 Å². The summed E-state index contributed by atoms with van der Waals surface area (Å²) in [5, 5.41) is 11.4. The molecular formula is C10H13N3O3. The fraction of sp³-hybridized carbons (Fsp3) is 0.700. The zero-order valence-corrected chi connectivity index (χ0v) is 8.81. The lowest BCUT2D eigenvalue weighted by Crippen LogP contribution is -2.47. The number of nitrogens with zero attached hydrogens (tertiary/aromatic N) is 2. The van der Waals surface area contributed by atoms with Crippen LogP contribution in [-0.2, 0) is 14.3 Å². The fourth-order valence-electron chi connectivity index (χ4n) is 1.97. The Hall–Kier alpha value is -1.61. The van der Waals surface area contributed by atoms with Crippen LogP contribution < -0.4 is 5.32 Å². The zero-order valence-electron chi connectivity index (χ0n) is 8.81. The standard InChI is InChI=1S/C10H13N3O3/c11-4-8-6-13(1-2-16-8)10(15)7-3-9(14)12-5-7/h7-8H,1-3,5-6H2,(H,12,14). The number of carbonyl (C=O) groups is 2. The molecule has 0 saturated carbocycles. The number of nitriles is 1. The van der Waals surface area contributed by atoms with Crippen LogP contribution in [0.5, 0.6) is 0 Å². The van der Waals surface area contributed by atoms with Crippen LogP contribution in [0.1, 0.15) is 6.42 Å². The molecule has 2 fully saturated rings. The molecule has 2 heterocycles. The number of hydrogen-bond donors (Lipinski definition) is 1. The molecule has 6 heteroatoms. The van der Waals surface area contributed by atoms with E-state index in [9.17, 15) is 9.59 Å². The Labute approximate surface area is 93.2 Å². The van der Waals surface area contributed by atoms with Crippen LogP contribution in [0.3, 0.4) is 0 Å². The number of morpholine rings is 1. The van der Waals surface area contributed by atoms with Crippen molar-refractivity contribution in [3.63, 3.8) is 0 Å². The number of hydrogen-bond acceptors (Lipinski definition) is 4. The summed E-state index contributed by atoms with van der Waals surface area (Å²) in [6, 6.07) is 1.99. The fourth-order valence-corrected chi connectivity index (χ4v) is 1.97. The highest BCUT2D eigenvalue weighted by Gasteiger charge is 2.33. The van der Waals surface area contributed by atoms with Gasteiger partial charge in [-0.05, 0) is 0 Å². The molecule has 0 bridgehead atoms. The molecule has 0 aromatic carbocycles. The van der Waals surface area contributed by atoms with E-state index in [1.54, 1.807) is 4.90 Å². The minimum atomic E-state index is -0.539. The molecule has 1 N–H and O–H groups in total. The Morgan fingerprint density at radius 1 is 1.62 bits per heavy atom. The SMILES string of the molecule is N#CC1CN(C(=O)C2CNC(=O)C2)CCO1. The van der Waals surface area contributed by atoms with Crippen molar-refractivity contribution >= 4 is 11.8 Å². The van der Waals surface area contributed by atoms with E-state index in [0.29, 0.717) is 26.2 Å². The van der Waals surface area contributed by atoms with Gasteiger partial charge in [0.1, 0.15) is 0 Å². The smallest absolute Gasteiger partial charge is 0.228 e. The quantitative estimate of drug-likeness (QED) is 0.610. The summed E-state index contributed by atoms with van der Waals surface area (Å²) in [7, 11) is 0. The average molecular weight is 223 g/mol. The first kappa shape index (κ1) is 10.9. The summed E-state index contributed by atoms with van der Waals surface area (Å²) >= 11 is 0. The van der Waals surface area contributed by atoms with Crippen LogP contribution in [-0.4, -0.2) is 49.1 Å². The third kappa shape index (κ3) is 2.14. The van der Waals surface area contributed by atoms with Crippen molar-refractivity contribution < 1.29 is 14.3 Å². The van der Waals surface area contributed by atoms with Gasteiger partial charge in [-0.25, -0.2) is 0 Å². The Bertz CT molecular complexity index is 350. The zero-order chi connectivity index (χ0) is 11.5. The van der Waals surface area contributed by atoms with E-state index in [2.05, 4.69) is 5.32 Å². The van der Waals surface area contributed by atoms with Crippen molar-refractivity contribution in [2.45, 2.75) is 12.5 Å². The monoisotopic (exact) mass is 223 g/mol. The van der Waals surface area contributed by atoms with E-state index >= 15 is 0 Å². The number of carbonyl (C=O) groups excluding carboxylic acids is 2. The highest BCUT2D eigenvalue weighted by atomic mass is 16.5. The van der Waals surface area contributed by atoms with Crippen LogP contribution in [0, 0.1) is 17.2 Å². The van der Waals surface area contributed by atoms with Crippen molar-refractivity contribution in [3.8, 4) is 6.07 Å². The van der Waals surface area contributed by atoms with E-state index in [1.165, 1.54) is 0 Å². The summed E-state index contributed by atoms with van der Waals surface area (Å²) in [6.07, 6.45) is -0.282. The molecular weight excluding hydrogens is 210 g/mol. The van der Waals surface area contributed by atoms with E-state index in [0.717, 1.165) is 0 Å². The van der Waals surface area contributed by atoms with Gasteiger partial charge in [0.05, 0.1) is 25.1 Å². The van der Waals surface area contributed by atoms with Gasteiger partial charge >= 0.3 is 0 Å². The minimum Gasteiger partial charge on any atom is -0.360 e. The number of nitrogens with one attached hydrogen (secondary N) is 1. The Balaban J connectivity index is 1.94. The first-order valence-electron chi connectivity index (χ1n) is 5.27. The molecule has 0 aromatic rings. The van der Waals surface area contributed by atoms with Gasteiger partial charge in [0.25, 0.3) is 0 Å². The van der Waals surface area contributed by atoms with Gasteiger partial charge in [0, 0.05) is 19.5 Å². The predicted molar refractivity (Wildman–Crippen MR) is 53.0 cm³/mol. The summed E-state index contributed by atoms with van der Waals surface area (Å²) in [5.41, 5.74) is 0. The maximum Gasteiger partial charge on any atom is 0.228 e. The van der Waals surface area contributed by atoms with E-state index in [1.807, 2.05) is 6.07 Å². The summed E-state index contributed by atoms with van der Waals surface area (Å²) in [4.78, 5) is 24.6. The van der Waals surface area contributed by atoms with E-state index < -0.39 is 6.10 Å². The van der Waals surface area contributed by atoms with Crippen LogP contribution in [0.25, 0.3) is 0 Å². The first-order valence-corrected chi connectivity index (χ1v) is 5.27. The Morgan fingerprint density at radius 3 is 3.06 bits per heavy atom. The van der Waals surface area contributed by atoms with Gasteiger partial charge in [-0.3, -0.25) is 9.59 Å². The Morgan fingerprint density at radius 2 is 2.44 bits per heavy atom. The van der Waals surface area contributed by atoms with E-state index in [-0.39, 0.29) is 24.2 Å². The second kappa shape index (κ2) is 4.49. The topological polar surface area (TPSA) is 82.4 Å². The minimum absolute atomic E-state index is 0.0538. The second-order valence-corrected chi connectivity index (χ2v) is 3.98. The molecule has 2 unspecified atom stereocenters. The van der Waals surface area contributed by atoms with Crippen LogP contribution in [0.4, 0.5) is 0 Å². The molecule has 0 spiro atoms. The lowest BCUT2D eigenvalue weighted by Gasteiger charge is -2.31. The number of ether oxygens (including phenoxy) is 1. The van der Waals surface area contributed by atoms with Crippen LogP contribution >= 0.6 is 0 Å². The maximum absolute atomic E-state index is 12.0. The number of rotatable bonds is 1. The van der Waals surface area contributed by atoms with Crippen LogP contribution in [0.2, 0.25) is 0 Å². The van der Waals surface area contributed by atoms with Gasteiger partial charge in [0.15, 0.2) is 6.10 Å². The normalized spacial score (nSPS) is 29.7. The maximum atomic E-state index is 12.0. The molecule has 0 aromatic heterocycles. The van der Waals surface area contributed by atoms with Crippen molar-refractivity contribution in [3.05, 3.63) is 0 Å². The van der Waals surface area contributed by atoms with Crippen molar-refractivity contribution in [1.82, 2.24) is 10.2 Å². The van der Waals surface area contributed by atoms with Gasteiger partial charge in [-0.15, -0.1) is 0 Å². The molecule has 2 amide bonds. The molecule has 2 atom stereocenters. The molecule has 6 nitrogen and oxygen atoms in total. The van der Waals surface area contributed by atoms with Crippen LogP contribution in [0.15, 0.2) is 0 Å². The lowest BCUT2D eigenvalue weighted by molar-refractivity contribution is -0.141. The third-order valence-corrected chi connectivity index (χ3v) is 2.85. The molecule has 2 aliphatic rings.